The predicted molar refractivity (Wildman–Crippen MR) is 145 cm³/mol. The number of aryl methyl sites for hydroxylation is 1. The van der Waals surface area contributed by atoms with Gasteiger partial charge in [-0.25, -0.2) is 14.6 Å². The van der Waals surface area contributed by atoms with Gasteiger partial charge in [-0.3, -0.25) is 14.2 Å². The summed E-state index contributed by atoms with van der Waals surface area (Å²) in [6.07, 6.45) is 1.58. The number of esters is 2. The van der Waals surface area contributed by atoms with Crippen LogP contribution < -0.4 is 10.9 Å². The van der Waals surface area contributed by atoms with E-state index in [4.69, 9.17) is 13.9 Å². The molecular weight excluding hydrogens is 530 g/mol. The molecule has 0 fully saturated rings. The van der Waals surface area contributed by atoms with E-state index in [9.17, 15) is 19.2 Å². The van der Waals surface area contributed by atoms with Crippen LogP contribution in [0.25, 0.3) is 21.5 Å². The summed E-state index contributed by atoms with van der Waals surface area (Å²) in [7, 11) is 2.42. The summed E-state index contributed by atoms with van der Waals surface area (Å²) in [4.78, 5) is 55.4. The molecule has 196 valence electrons. The maximum absolute atomic E-state index is 13.4. The average molecular weight is 554 g/mol. The van der Waals surface area contributed by atoms with Crippen molar-refractivity contribution in [3.05, 3.63) is 75.6 Å². The van der Waals surface area contributed by atoms with Crippen molar-refractivity contribution in [2.45, 2.75) is 18.6 Å². The van der Waals surface area contributed by atoms with Gasteiger partial charge in [-0.2, -0.15) is 0 Å². The molecule has 0 unspecified atom stereocenters. The molecule has 0 saturated carbocycles. The number of aromatic nitrogens is 2. The number of amides is 1. The minimum atomic E-state index is -0.674. The van der Waals surface area contributed by atoms with Gasteiger partial charge in [-0.05, 0) is 37.3 Å². The Hall–Kier alpha value is -4.16. The standard InChI is InChI=1S/C26H23N3O7S2/c1-5-8-29-23(31)21-18(19-7-6-14(2)36-19)12-37-22(21)28-26(29)38-13-20(30)27-17-10-15(24(32)34-3)9-16(11-17)25(33)35-4/h5-7,9-12H,1,8,13H2,2-4H3,(H,27,30). The van der Waals surface area contributed by atoms with E-state index in [1.807, 2.05) is 24.4 Å². The number of fused-ring (bicyclic) bond motifs is 1. The van der Waals surface area contributed by atoms with Crippen LogP contribution in [0, 0.1) is 6.92 Å². The second-order valence-electron chi connectivity index (χ2n) is 7.96. The minimum Gasteiger partial charge on any atom is -0.465 e. The third kappa shape index (κ3) is 5.55. The summed E-state index contributed by atoms with van der Waals surface area (Å²) in [6, 6.07) is 7.73. The number of allylic oxidation sites excluding steroid dienone is 1. The number of nitrogens with zero attached hydrogens (tertiary/aromatic N) is 2. The molecule has 3 aromatic heterocycles. The van der Waals surface area contributed by atoms with Crippen molar-refractivity contribution in [1.82, 2.24) is 9.55 Å². The van der Waals surface area contributed by atoms with Gasteiger partial charge in [-0.1, -0.05) is 17.8 Å². The number of rotatable bonds is 9. The van der Waals surface area contributed by atoms with Crippen LogP contribution in [0.4, 0.5) is 5.69 Å². The molecule has 0 aliphatic heterocycles. The highest BCUT2D eigenvalue weighted by molar-refractivity contribution is 7.99. The molecular formula is C26H23N3O7S2. The number of anilines is 1. The van der Waals surface area contributed by atoms with Crippen LogP contribution in [0.1, 0.15) is 26.5 Å². The maximum Gasteiger partial charge on any atom is 0.337 e. The van der Waals surface area contributed by atoms with Gasteiger partial charge in [0.2, 0.25) is 5.91 Å². The van der Waals surface area contributed by atoms with E-state index < -0.39 is 17.8 Å². The van der Waals surface area contributed by atoms with Gasteiger partial charge in [0, 0.05) is 23.2 Å². The molecule has 0 aliphatic carbocycles. The molecule has 1 aromatic carbocycles. The molecule has 3 heterocycles. The number of methoxy groups -OCH3 is 2. The molecule has 1 amide bonds. The first-order valence-electron chi connectivity index (χ1n) is 11.2. The van der Waals surface area contributed by atoms with E-state index in [1.54, 1.807) is 6.08 Å². The van der Waals surface area contributed by atoms with Crippen LogP contribution in [0.15, 0.2) is 62.7 Å². The Labute approximate surface area is 225 Å². The molecule has 1 N–H and O–H groups in total. The van der Waals surface area contributed by atoms with Gasteiger partial charge >= 0.3 is 11.9 Å². The molecule has 12 heteroatoms. The lowest BCUT2D eigenvalue weighted by molar-refractivity contribution is -0.113. The van der Waals surface area contributed by atoms with Crippen LogP contribution in [-0.4, -0.2) is 47.4 Å². The lowest BCUT2D eigenvalue weighted by atomic mass is 10.1. The van der Waals surface area contributed by atoms with E-state index in [1.165, 1.54) is 48.3 Å². The minimum absolute atomic E-state index is 0.0746. The van der Waals surface area contributed by atoms with E-state index in [-0.39, 0.29) is 34.7 Å². The number of furan rings is 1. The molecule has 0 radical (unpaired) electrons. The van der Waals surface area contributed by atoms with Crippen molar-refractivity contribution in [1.29, 1.82) is 0 Å². The highest BCUT2D eigenvalue weighted by Gasteiger charge is 2.20. The Balaban J connectivity index is 1.59. The van der Waals surface area contributed by atoms with Crippen molar-refractivity contribution < 1.29 is 28.3 Å². The quantitative estimate of drug-likeness (QED) is 0.138. The second kappa shape index (κ2) is 11.5. The van der Waals surface area contributed by atoms with Gasteiger partial charge in [0.25, 0.3) is 5.56 Å². The first-order chi connectivity index (χ1) is 18.2. The first kappa shape index (κ1) is 26.9. The Morgan fingerprint density at radius 2 is 1.84 bits per heavy atom. The SMILES string of the molecule is C=CCn1c(SCC(=O)Nc2cc(C(=O)OC)cc(C(=O)OC)c2)nc2scc(-c3ccc(C)o3)c2c1=O. The van der Waals surface area contributed by atoms with Crippen molar-refractivity contribution in [3.8, 4) is 11.3 Å². The average Bonchev–Trinajstić information content (AvgIpc) is 3.54. The van der Waals surface area contributed by atoms with Gasteiger partial charge < -0.3 is 19.2 Å². The summed E-state index contributed by atoms with van der Waals surface area (Å²) >= 11 is 2.39. The van der Waals surface area contributed by atoms with Crippen LogP contribution in [0.5, 0.6) is 0 Å². The fourth-order valence-corrected chi connectivity index (χ4v) is 5.44. The highest BCUT2D eigenvalue weighted by atomic mass is 32.2. The summed E-state index contributed by atoms with van der Waals surface area (Å²) < 4.78 is 16.6. The van der Waals surface area contributed by atoms with Crippen LogP contribution in [0.2, 0.25) is 0 Å². The molecule has 0 aliphatic rings. The normalized spacial score (nSPS) is 10.8. The summed E-state index contributed by atoms with van der Waals surface area (Å²) in [5.74, 6) is -0.574. The molecule has 10 nitrogen and oxygen atoms in total. The molecule has 0 atom stereocenters. The summed E-state index contributed by atoms with van der Waals surface area (Å²) in [5.41, 5.74) is 0.754. The van der Waals surface area contributed by atoms with E-state index in [0.29, 0.717) is 26.7 Å². The number of benzene rings is 1. The van der Waals surface area contributed by atoms with E-state index in [2.05, 4.69) is 16.9 Å². The van der Waals surface area contributed by atoms with E-state index >= 15 is 0 Å². The number of thioether (sulfide) groups is 1. The van der Waals surface area contributed by atoms with Crippen LogP contribution in [0.3, 0.4) is 0 Å². The third-order valence-electron chi connectivity index (χ3n) is 5.37. The van der Waals surface area contributed by atoms with Crippen molar-refractivity contribution in [2.24, 2.45) is 0 Å². The zero-order chi connectivity index (χ0) is 27.4. The Bertz CT molecular complexity index is 1580. The third-order valence-corrected chi connectivity index (χ3v) is 7.22. The highest BCUT2D eigenvalue weighted by Crippen LogP contribution is 2.33. The number of carbonyl (C=O) groups excluding carboxylic acids is 3. The summed E-state index contributed by atoms with van der Waals surface area (Å²) in [5, 5.41) is 5.27. The van der Waals surface area contributed by atoms with Gasteiger partial charge in [0.1, 0.15) is 16.4 Å². The number of ether oxygens (including phenoxy) is 2. The Morgan fingerprint density at radius 1 is 1.16 bits per heavy atom. The topological polar surface area (TPSA) is 130 Å². The Kier molecular flexibility index (Phi) is 8.13. The van der Waals surface area contributed by atoms with Crippen molar-refractivity contribution in [2.75, 3.05) is 25.3 Å². The largest absolute Gasteiger partial charge is 0.465 e. The maximum atomic E-state index is 13.4. The van der Waals surface area contributed by atoms with Crippen molar-refractivity contribution >= 4 is 56.8 Å². The smallest absolute Gasteiger partial charge is 0.337 e. The lowest BCUT2D eigenvalue weighted by Crippen LogP contribution is -2.23. The Morgan fingerprint density at radius 3 is 2.42 bits per heavy atom. The van der Waals surface area contributed by atoms with Gasteiger partial charge in [0.05, 0.1) is 36.5 Å². The van der Waals surface area contributed by atoms with Crippen LogP contribution in [-0.2, 0) is 20.8 Å². The molecule has 0 saturated heterocycles. The fraction of sp³-hybridized carbons (Fsp3) is 0.192. The molecule has 4 aromatic rings. The van der Waals surface area contributed by atoms with Crippen LogP contribution >= 0.6 is 23.1 Å². The summed E-state index contributed by atoms with van der Waals surface area (Å²) in [6.45, 7) is 5.76. The second-order valence-corrected chi connectivity index (χ2v) is 9.76. The van der Waals surface area contributed by atoms with E-state index in [0.717, 1.165) is 17.5 Å². The van der Waals surface area contributed by atoms with Gasteiger partial charge in [-0.15, -0.1) is 17.9 Å². The molecule has 4 rings (SSSR count). The number of hydrogen-bond donors (Lipinski definition) is 1. The van der Waals surface area contributed by atoms with Gasteiger partial charge in [0.15, 0.2) is 5.16 Å². The zero-order valence-corrected chi connectivity index (χ0v) is 22.4. The number of carbonyl (C=O) groups is 3. The number of thiophene rings is 1. The van der Waals surface area contributed by atoms with Crippen molar-refractivity contribution in [3.63, 3.8) is 0 Å². The fourth-order valence-electron chi connectivity index (χ4n) is 3.66. The molecule has 0 bridgehead atoms. The number of hydrogen-bond acceptors (Lipinski definition) is 10. The molecule has 0 spiro atoms. The zero-order valence-electron chi connectivity index (χ0n) is 20.7. The lowest BCUT2D eigenvalue weighted by Gasteiger charge is -2.12. The molecule has 38 heavy (non-hydrogen) atoms. The monoisotopic (exact) mass is 553 g/mol. The number of nitrogens with one attached hydrogen (secondary N) is 1. The predicted octanol–water partition coefficient (Wildman–Crippen LogP) is 4.52. The first-order valence-corrected chi connectivity index (χ1v) is 13.1.